The summed E-state index contributed by atoms with van der Waals surface area (Å²) < 4.78 is 16.1. The van der Waals surface area contributed by atoms with Crippen LogP contribution >= 0.6 is 0 Å². The van der Waals surface area contributed by atoms with Crippen molar-refractivity contribution < 1.29 is 19.0 Å². The van der Waals surface area contributed by atoms with Crippen LogP contribution in [-0.2, 0) is 14.3 Å². The number of esters is 1. The van der Waals surface area contributed by atoms with Gasteiger partial charge in [-0.3, -0.25) is 4.90 Å². The van der Waals surface area contributed by atoms with E-state index >= 15 is 0 Å². The van der Waals surface area contributed by atoms with Gasteiger partial charge in [-0.25, -0.2) is 4.79 Å². The molecule has 0 unspecified atom stereocenters. The van der Waals surface area contributed by atoms with Crippen molar-refractivity contribution in [3.63, 3.8) is 0 Å². The molecule has 0 spiro atoms. The summed E-state index contributed by atoms with van der Waals surface area (Å²) in [6.07, 6.45) is 11.7. The summed E-state index contributed by atoms with van der Waals surface area (Å²) >= 11 is 0. The number of morpholine rings is 1. The van der Waals surface area contributed by atoms with Gasteiger partial charge in [0.15, 0.2) is 0 Å². The van der Waals surface area contributed by atoms with Crippen LogP contribution in [0.1, 0.15) is 36.1 Å². The van der Waals surface area contributed by atoms with Crippen LogP contribution in [-0.4, -0.2) is 57.4 Å². The third kappa shape index (κ3) is 8.13. The number of rotatable bonds is 9. The molecule has 0 aliphatic carbocycles. The molecule has 5 nitrogen and oxygen atoms in total. The molecule has 0 aromatic heterocycles. The van der Waals surface area contributed by atoms with Crippen molar-refractivity contribution in [2.45, 2.75) is 34.6 Å². The highest BCUT2D eigenvalue weighted by Crippen LogP contribution is 2.28. The number of ether oxygens (including phenoxy) is 3. The second kappa shape index (κ2) is 13.0. The van der Waals surface area contributed by atoms with Gasteiger partial charge in [-0.1, -0.05) is 36.0 Å². The second-order valence-electron chi connectivity index (χ2n) is 8.17. The van der Waals surface area contributed by atoms with Gasteiger partial charge in [-0.05, 0) is 68.5 Å². The molecule has 5 heteroatoms. The number of methoxy groups -OCH3 is 1. The van der Waals surface area contributed by atoms with E-state index in [9.17, 15) is 4.79 Å². The lowest BCUT2D eigenvalue weighted by atomic mass is 9.96. The van der Waals surface area contributed by atoms with E-state index in [4.69, 9.17) is 14.2 Å². The molecule has 0 saturated carbocycles. The molecule has 0 bridgehead atoms. The molecule has 1 aliphatic heterocycles. The summed E-state index contributed by atoms with van der Waals surface area (Å²) in [6, 6.07) is 2.08. The maximum Gasteiger partial charge on any atom is 0.331 e. The fourth-order valence-corrected chi connectivity index (χ4v) is 3.53. The van der Waals surface area contributed by atoms with E-state index in [2.05, 4.69) is 50.8 Å². The smallest absolute Gasteiger partial charge is 0.331 e. The Morgan fingerprint density at radius 2 is 1.81 bits per heavy atom. The minimum Gasteiger partial charge on any atom is -0.496 e. The molecule has 174 valence electrons. The van der Waals surface area contributed by atoms with Gasteiger partial charge in [0, 0.05) is 25.7 Å². The van der Waals surface area contributed by atoms with Crippen LogP contribution in [0.25, 0.3) is 6.08 Å². The molecule has 1 aliphatic rings. The Morgan fingerprint density at radius 3 is 2.50 bits per heavy atom. The largest absolute Gasteiger partial charge is 0.496 e. The first-order valence-electron chi connectivity index (χ1n) is 11.1. The number of hydrogen-bond acceptors (Lipinski definition) is 5. The van der Waals surface area contributed by atoms with E-state index in [1.807, 2.05) is 25.2 Å². The summed E-state index contributed by atoms with van der Waals surface area (Å²) in [5, 5.41) is 0. The molecular formula is C27H37NO4. The Morgan fingerprint density at radius 1 is 1.09 bits per heavy atom. The standard InChI is InChI=1S/C27H37NO4/c1-20(10-11-25-22(3)19-26(30-6)24(5)23(25)4)8-7-9-21(2)18-27(29)32-17-14-28-12-15-31-16-13-28/h7-11,18-19H,12-17H2,1-6H3. The van der Waals surface area contributed by atoms with Gasteiger partial charge in [0.25, 0.3) is 0 Å². The molecule has 1 saturated heterocycles. The van der Waals surface area contributed by atoms with Crippen LogP contribution in [0.5, 0.6) is 5.75 Å². The van der Waals surface area contributed by atoms with Crippen molar-refractivity contribution in [3.8, 4) is 5.75 Å². The van der Waals surface area contributed by atoms with Crippen LogP contribution in [0.3, 0.4) is 0 Å². The van der Waals surface area contributed by atoms with Gasteiger partial charge < -0.3 is 14.2 Å². The van der Waals surface area contributed by atoms with Crippen molar-refractivity contribution in [2.24, 2.45) is 0 Å². The predicted molar refractivity (Wildman–Crippen MR) is 131 cm³/mol. The molecule has 0 radical (unpaired) electrons. The Kier molecular flexibility index (Phi) is 10.4. The lowest BCUT2D eigenvalue weighted by Gasteiger charge is -2.25. The number of benzene rings is 1. The summed E-state index contributed by atoms with van der Waals surface area (Å²) in [6.45, 7) is 14.7. The van der Waals surface area contributed by atoms with Gasteiger partial charge in [-0.15, -0.1) is 0 Å². The third-order valence-corrected chi connectivity index (χ3v) is 5.66. The summed E-state index contributed by atoms with van der Waals surface area (Å²) in [5.41, 5.74) is 6.77. The van der Waals surface area contributed by atoms with Crippen LogP contribution in [0.4, 0.5) is 0 Å². The highest BCUT2D eigenvalue weighted by molar-refractivity contribution is 5.83. The van der Waals surface area contributed by atoms with E-state index < -0.39 is 0 Å². The fraction of sp³-hybridized carbons (Fsp3) is 0.444. The zero-order chi connectivity index (χ0) is 23.5. The highest BCUT2D eigenvalue weighted by atomic mass is 16.5. The zero-order valence-corrected chi connectivity index (χ0v) is 20.4. The average Bonchev–Trinajstić information content (AvgIpc) is 2.76. The van der Waals surface area contributed by atoms with Crippen molar-refractivity contribution in [1.82, 2.24) is 4.90 Å². The molecule has 1 heterocycles. The maximum absolute atomic E-state index is 12.0. The van der Waals surface area contributed by atoms with Crippen LogP contribution in [0.15, 0.2) is 47.6 Å². The lowest BCUT2D eigenvalue weighted by Crippen LogP contribution is -2.38. The first-order chi connectivity index (χ1) is 15.3. The van der Waals surface area contributed by atoms with E-state index in [-0.39, 0.29) is 5.97 Å². The van der Waals surface area contributed by atoms with Gasteiger partial charge >= 0.3 is 5.97 Å². The zero-order valence-electron chi connectivity index (χ0n) is 20.4. The predicted octanol–water partition coefficient (Wildman–Crippen LogP) is 4.96. The molecule has 1 aromatic carbocycles. The van der Waals surface area contributed by atoms with Crippen LogP contribution < -0.4 is 4.74 Å². The monoisotopic (exact) mass is 439 g/mol. The van der Waals surface area contributed by atoms with Crippen LogP contribution in [0.2, 0.25) is 0 Å². The quantitative estimate of drug-likeness (QED) is 0.309. The lowest BCUT2D eigenvalue weighted by molar-refractivity contribution is -0.138. The topological polar surface area (TPSA) is 48.0 Å². The van der Waals surface area contributed by atoms with E-state index in [0.717, 1.165) is 55.3 Å². The first-order valence-corrected chi connectivity index (χ1v) is 11.1. The number of carbonyl (C=O) groups is 1. The molecule has 32 heavy (non-hydrogen) atoms. The number of allylic oxidation sites excluding steroid dienone is 6. The van der Waals surface area contributed by atoms with Gasteiger partial charge in [0.1, 0.15) is 12.4 Å². The average molecular weight is 440 g/mol. The molecule has 2 rings (SSSR count). The Bertz CT molecular complexity index is 903. The molecule has 0 atom stereocenters. The van der Waals surface area contributed by atoms with E-state index in [0.29, 0.717) is 6.61 Å². The van der Waals surface area contributed by atoms with Gasteiger partial charge in [0.2, 0.25) is 0 Å². The van der Waals surface area contributed by atoms with E-state index in [1.165, 1.54) is 22.8 Å². The SMILES string of the molecule is COc1cc(C)c(C=CC(C)=CC=CC(C)=CC(=O)OCCN2CCOCC2)c(C)c1C. The van der Waals surface area contributed by atoms with Crippen molar-refractivity contribution in [2.75, 3.05) is 46.6 Å². The Hall–Kier alpha value is -2.63. The first kappa shape index (κ1) is 25.6. The van der Waals surface area contributed by atoms with Gasteiger partial charge in [0.05, 0.1) is 20.3 Å². The Labute approximate surface area is 193 Å². The van der Waals surface area contributed by atoms with E-state index in [1.54, 1.807) is 7.11 Å². The molecule has 0 N–H and O–H groups in total. The fourth-order valence-electron chi connectivity index (χ4n) is 3.53. The normalized spacial score (nSPS) is 16.2. The number of hydrogen-bond donors (Lipinski definition) is 0. The second-order valence-corrected chi connectivity index (χ2v) is 8.17. The number of aryl methyl sites for hydroxylation is 1. The maximum atomic E-state index is 12.0. The van der Waals surface area contributed by atoms with Crippen molar-refractivity contribution in [3.05, 3.63) is 69.8 Å². The molecule has 1 aromatic rings. The highest BCUT2D eigenvalue weighted by Gasteiger charge is 2.10. The van der Waals surface area contributed by atoms with Crippen molar-refractivity contribution >= 4 is 12.0 Å². The molecular weight excluding hydrogens is 402 g/mol. The third-order valence-electron chi connectivity index (χ3n) is 5.66. The molecule has 1 fully saturated rings. The minimum absolute atomic E-state index is 0.304. The van der Waals surface area contributed by atoms with Crippen LogP contribution in [0, 0.1) is 20.8 Å². The minimum atomic E-state index is -0.304. The number of nitrogens with zero attached hydrogens (tertiary/aromatic N) is 1. The van der Waals surface area contributed by atoms with Crippen molar-refractivity contribution in [1.29, 1.82) is 0 Å². The summed E-state index contributed by atoms with van der Waals surface area (Å²) in [7, 11) is 1.71. The summed E-state index contributed by atoms with van der Waals surface area (Å²) in [5.74, 6) is 0.621. The van der Waals surface area contributed by atoms with Gasteiger partial charge in [-0.2, -0.15) is 0 Å². The Balaban J connectivity index is 1.87. The number of carbonyl (C=O) groups excluding carboxylic acids is 1. The summed E-state index contributed by atoms with van der Waals surface area (Å²) in [4.78, 5) is 14.2. The molecule has 0 amide bonds.